The van der Waals surface area contributed by atoms with Crippen molar-refractivity contribution in [2.24, 2.45) is 0 Å². The number of anilines is 1. The fraction of sp³-hybridized carbons (Fsp3) is 0. The number of thiazole rings is 1. The van der Waals surface area contributed by atoms with Gasteiger partial charge in [0.15, 0.2) is 8.83 Å². The van der Waals surface area contributed by atoms with Crippen LogP contribution in [0.4, 0.5) is 10.1 Å². The van der Waals surface area contributed by atoms with Gasteiger partial charge in [-0.2, -0.15) is 0 Å². The van der Waals surface area contributed by atoms with Gasteiger partial charge in [-0.1, -0.05) is 12.1 Å². The Morgan fingerprint density at radius 2 is 2.16 bits per heavy atom. The topological polar surface area (TPSA) is 105 Å². The second kappa shape index (κ2) is 5.48. The molecule has 0 aliphatic carbocycles. The van der Waals surface area contributed by atoms with Crippen LogP contribution in [0.3, 0.4) is 0 Å². The maximum absolute atomic E-state index is 11.8. The van der Waals surface area contributed by atoms with Crippen molar-refractivity contribution in [1.82, 2.24) is 4.98 Å². The molecule has 0 radical (unpaired) electrons. The number of phenols is 1. The highest BCUT2D eigenvalue weighted by molar-refractivity contribution is 14.1. The average molecular weight is 391 g/mol. The number of nitro groups is 1. The number of rotatable bonds is 3. The SMILES string of the molecule is O=C(Nc1nc(I)c([N+](=O)[O-])s1)c1ccccc1O. The first kappa shape index (κ1) is 13.7. The highest BCUT2D eigenvalue weighted by Crippen LogP contribution is 2.31. The Morgan fingerprint density at radius 3 is 2.74 bits per heavy atom. The van der Waals surface area contributed by atoms with Gasteiger partial charge in [0.25, 0.3) is 5.91 Å². The molecule has 0 atom stereocenters. The molecule has 2 N–H and O–H groups in total. The van der Waals surface area contributed by atoms with Crippen LogP contribution < -0.4 is 5.32 Å². The van der Waals surface area contributed by atoms with Gasteiger partial charge in [-0.3, -0.25) is 20.2 Å². The van der Waals surface area contributed by atoms with E-state index in [9.17, 15) is 20.0 Å². The molecule has 0 unspecified atom stereocenters. The molecule has 1 amide bonds. The number of hydrogen-bond acceptors (Lipinski definition) is 6. The Bertz CT molecular complexity index is 658. The first-order valence-corrected chi connectivity index (χ1v) is 6.78. The number of benzene rings is 1. The second-order valence-corrected chi connectivity index (χ2v) is 5.34. The van der Waals surface area contributed by atoms with Gasteiger partial charge in [-0.05, 0) is 46.1 Å². The number of para-hydroxylation sites is 1. The van der Waals surface area contributed by atoms with Crippen molar-refractivity contribution in [2.75, 3.05) is 5.32 Å². The van der Waals surface area contributed by atoms with Crippen molar-refractivity contribution < 1.29 is 14.8 Å². The number of carbonyl (C=O) groups is 1. The molecule has 0 spiro atoms. The summed E-state index contributed by atoms with van der Waals surface area (Å²) in [4.78, 5) is 25.8. The second-order valence-electron chi connectivity index (χ2n) is 3.34. The molecule has 0 bridgehead atoms. The molecule has 1 heterocycles. The molecule has 9 heteroatoms. The number of hydrogen-bond donors (Lipinski definition) is 2. The number of phenolic OH excluding ortho intramolecular Hbond substituents is 1. The lowest BCUT2D eigenvalue weighted by Gasteiger charge is -2.02. The van der Waals surface area contributed by atoms with E-state index in [-0.39, 0.29) is 25.1 Å². The van der Waals surface area contributed by atoms with E-state index in [4.69, 9.17) is 0 Å². The third kappa shape index (κ3) is 2.98. The van der Waals surface area contributed by atoms with E-state index in [1.54, 1.807) is 34.7 Å². The standard InChI is InChI=1S/C10H6IN3O4S/c11-7-9(14(17)18)19-10(12-7)13-8(16)5-3-1-2-4-6(5)15/h1-4,15H,(H,12,13,16). The van der Waals surface area contributed by atoms with Crippen LogP contribution in [0.15, 0.2) is 24.3 Å². The molecule has 2 rings (SSSR count). The largest absolute Gasteiger partial charge is 0.507 e. The summed E-state index contributed by atoms with van der Waals surface area (Å²) in [6.07, 6.45) is 0. The van der Waals surface area contributed by atoms with Crippen molar-refractivity contribution in [3.8, 4) is 5.75 Å². The van der Waals surface area contributed by atoms with E-state index in [2.05, 4.69) is 10.3 Å². The average Bonchev–Trinajstić information content (AvgIpc) is 2.70. The molecule has 19 heavy (non-hydrogen) atoms. The van der Waals surface area contributed by atoms with Crippen molar-refractivity contribution >= 4 is 50.0 Å². The van der Waals surface area contributed by atoms with Crippen LogP contribution in [-0.4, -0.2) is 20.9 Å². The van der Waals surface area contributed by atoms with Crippen LogP contribution in [0.25, 0.3) is 0 Å². The van der Waals surface area contributed by atoms with Crippen LogP contribution in [-0.2, 0) is 0 Å². The predicted molar refractivity (Wildman–Crippen MR) is 77.5 cm³/mol. The van der Waals surface area contributed by atoms with E-state index in [0.717, 1.165) is 11.3 Å². The highest BCUT2D eigenvalue weighted by Gasteiger charge is 2.21. The van der Waals surface area contributed by atoms with Crippen LogP contribution in [0.2, 0.25) is 0 Å². The number of aromatic hydroxyl groups is 1. The number of aromatic nitrogens is 1. The van der Waals surface area contributed by atoms with Gasteiger partial charge in [-0.15, -0.1) is 0 Å². The van der Waals surface area contributed by atoms with Gasteiger partial charge in [0.05, 0.1) is 10.5 Å². The van der Waals surface area contributed by atoms with Gasteiger partial charge < -0.3 is 5.11 Å². The zero-order valence-electron chi connectivity index (χ0n) is 9.16. The molecule has 0 aliphatic rings. The summed E-state index contributed by atoms with van der Waals surface area (Å²) in [6, 6.07) is 6.01. The third-order valence-corrected chi connectivity index (χ3v) is 4.15. The van der Waals surface area contributed by atoms with Gasteiger partial charge in [-0.25, -0.2) is 4.98 Å². The van der Waals surface area contributed by atoms with Gasteiger partial charge >= 0.3 is 5.00 Å². The molecular formula is C10H6IN3O4S. The molecule has 7 nitrogen and oxygen atoms in total. The molecule has 1 aromatic heterocycles. The van der Waals surface area contributed by atoms with Crippen molar-refractivity contribution in [2.45, 2.75) is 0 Å². The molecule has 0 saturated carbocycles. The number of nitrogens with one attached hydrogen (secondary N) is 1. The molecular weight excluding hydrogens is 385 g/mol. The third-order valence-electron chi connectivity index (χ3n) is 2.10. The lowest BCUT2D eigenvalue weighted by molar-refractivity contribution is -0.381. The highest BCUT2D eigenvalue weighted by atomic mass is 127. The smallest absolute Gasteiger partial charge is 0.359 e. The molecule has 98 valence electrons. The maximum Gasteiger partial charge on any atom is 0.359 e. The Labute approximate surface area is 124 Å². The van der Waals surface area contributed by atoms with Gasteiger partial charge in [0.1, 0.15) is 5.75 Å². The monoisotopic (exact) mass is 391 g/mol. The minimum Gasteiger partial charge on any atom is -0.507 e. The quantitative estimate of drug-likeness (QED) is 0.476. The van der Waals surface area contributed by atoms with E-state index >= 15 is 0 Å². The molecule has 0 aliphatic heterocycles. The Balaban J connectivity index is 2.22. The first-order valence-electron chi connectivity index (χ1n) is 4.89. The summed E-state index contributed by atoms with van der Waals surface area (Å²) >= 11 is 2.49. The molecule has 2 aromatic rings. The zero-order chi connectivity index (χ0) is 14.0. The lowest BCUT2D eigenvalue weighted by atomic mass is 10.2. The minimum absolute atomic E-state index is 0.0790. The fourth-order valence-corrected chi connectivity index (χ4v) is 2.89. The van der Waals surface area contributed by atoms with E-state index < -0.39 is 10.8 Å². The number of carbonyl (C=O) groups excluding carboxylic acids is 1. The number of nitrogens with zero attached hydrogens (tertiary/aromatic N) is 2. The molecule has 0 saturated heterocycles. The van der Waals surface area contributed by atoms with Gasteiger partial charge in [0.2, 0.25) is 0 Å². The number of halogens is 1. The Hall–Kier alpha value is -1.75. The summed E-state index contributed by atoms with van der Waals surface area (Å²) in [5, 5.41) is 22.6. The lowest BCUT2D eigenvalue weighted by Crippen LogP contribution is -2.11. The summed E-state index contributed by atoms with van der Waals surface area (Å²) < 4.78 is 0.209. The summed E-state index contributed by atoms with van der Waals surface area (Å²) in [6.45, 7) is 0. The van der Waals surface area contributed by atoms with Crippen LogP contribution in [0.1, 0.15) is 10.4 Å². The van der Waals surface area contributed by atoms with E-state index in [1.165, 1.54) is 12.1 Å². The maximum atomic E-state index is 11.8. The van der Waals surface area contributed by atoms with E-state index in [1.807, 2.05) is 0 Å². The van der Waals surface area contributed by atoms with E-state index in [0.29, 0.717) is 0 Å². The first-order chi connectivity index (χ1) is 8.99. The summed E-state index contributed by atoms with van der Waals surface area (Å²) in [5.74, 6) is -0.737. The van der Waals surface area contributed by atoms with Crippen LogP contribution in [0.5, 0.6) is 5.75 Å². The van der Waals surface area contributed by atoms with Crippen LogP contribution in [0, 0.1) is 13.8 Å². The van der Waals surface area contributed by atoms with Crippen molar-refractivity contribution in [3.05, 3.63) is 43.6 Å². The zero-order valence-corrected chi connectivity index (χ0v) is 12.1. The Morgan fingerprint density at radius 1 is 1.47 bits per heavy atom. The summed E-state index contributed by atoms with van der Waals surface area (Å²) in [5.41, 5.74) is 0.0790. The molecule has 1 aromatic carbocycles. The van der Waals surface area contributed by atoms with Gasteiger partial charge in [0, 0.05) is 0 Å². The minimum atomic E-state index is -0.571. The normalized spacial score (nSPS) is 10.2. The summed E-state index contributed by atoms with van der Waals surface area (Å²) in [7, 11) is 0. The van der Waals surface area contributed by atoms with Crippen molar-refractivity contribution in [1.29, 1.82) is 0 Å². The number of amides is 1. The Kier molecular flexibility index (Phi) is 3.95. The molecule has 0 fully saturated rings. The van der Waals surface area contributed by atoms with Crippen LogP contribution >= 0.6 is 33.9 Å². The predicted octanol–water partition coefficient (Wildman–Crippen LogP) is 2.61. The van der Waals surface area contributed by atoms with Crippen molar-refractivity contribution in [3.63, 3.8) is 0 Å². The fourth-order valence-electron chi connectivity index (χ4n) is 1.29.